The SMILES string of the molecule is CN1CC[C@@H](O)[C@H](O)[C@H]1O. The lowest BCUT2D eigenvalue weighted by Gasteiger charge is -2.35. The minimum absolute atomic E-state index is 0.523. The van der Waals surface area contributed by atoms with Crippen molar-refractivity contribution in [3.63, 3.8) is 0 Å². The maximum Gasteiger partial charge on any atom is 0.135 e. The molecule has 3 atom stereocenters. The third-order valence-electron chi connectivity index (χ3n) is 1.93. The quantitative estimate of drug-likeness (QED) is 0.384. The molecule has 1 aliphatic heterocycles. The predicted octanol–water partition coefficient (Wildman–Crippen LogP) is -1.64. The Labute approximate surface area is 59.7 Å². The van der Waals surface area contributed by atoms with Crippen LogP contribution < -0.4 is 0 Å². The Morgan fingerprint density at radius 3 is 2.40 bits per heavy atom. The molecule has 0 spiro atoms. The van der Waals surface area contributed by atoms with Crippen LogP contribution in [0.2, 0.25) is 0 Å². The van der Waals surface area contributed by atoms with Gasteiger partial charge in [0, 0.05) is 6.54 Å². The van der Waals surface area contributed by atoms with E-state index in [1.165, 1.54) is 0 Å². The predicted molar refractivity (Wildman–Crippen MR) is 35.3 cm³/mol. The van der Waals surface area contributed by atoms with Crippen LogP contribution in [0.25, 0.3) is 0 Å². The number of aliphatic hydroxyl groups excluding tert-OH is 3. The summed E-state index contributed by atoms with van der Waals surface area (Å²) in [6.45, 7) is 0.624. The Morgan fingerprint density at radius 2 is 1.90 bits per heavy atom. The largest absolute Gasteiger partial charge is 0.390 e. The minimum Gasteiger partial charge on any atom is -0.390 e. The van der Waals surface area contributed by atoms with Gasteiger partial charge in [-0.05, 0) is 13.5 Å². The summed E-state index contributed by atoms with van der Waals surface area (Å²) in [5.41, 5.74) is 0. The summed E-state index contributed by atoms with van der Waals surface area (Å²) < 4.78 is 0. The highest BCUT2D eigenvalue weighted by molar-refractivity contribution is 4.80. The lowest BCUT2D eigenvalue weighted by molar-refractivity contribution is -0.147. The third kappa shape index (κ3) is 1.29. The van der Waals surface area contributed by atoms with Crippen LogP contribution in [0.5, 0.6) is 0 Å². The summed E-state index contributed by atoms with van der Waals surface area (Å²) >= 11 is 0. The molecule has 1 rings (SSSR count). The molecule has 0 amide bonds. The van der Waals surface area contributed by atoms with E-state index in [-0.39, 0.29) is 0 Å². The van der Waals surface area contributed by atoms with Crippen LogP contribution in [0.3, 0.4) is 0 Å². The molecule has 10 heavy (non-hydrogen) atoms. The molecule has 1 heterocycles. The van der Waals surface area contributed by atoms with Crippen molar-refractivity contribution in [1.29, 1.82) is 0 Å². The minimum atomic E-state index is -1.02. The molecule has 1 aliphatic rings. The van der Waals surface area contributed by atoms with E-state index < -0.39 is 18.4 Å². The molecule has 1 saturated heterocycles. The Balaban J connectivity index is 2.52. The van der Waals surface area contributed by atoms with Crippen LogP contribution >= 0.6 is 0 Å². The van der Waals surface area contributed by atoms with Crippen molar-refractivity contribution in [3.8, 4) is 0 Å². The van der Waals surface area contributed by atoms with E-state index in [1.54, 1.807) is 11.9 Å². The summed E-state index contributed by atoms with van der Waals surface area (Å²) in [5.74, 6) is 0. The van der Waals surface area contributed by atoms with Crippen molar-refractivity contribution in [2.45, 2.75) is 24.9 Å². The van der Waals surface area contributed by atoms with Crippen LogP contribution in [0.15, 0.2) is 0 Å². The Hall–Kier alpha value is -0.160. The van der Waals surface area contributed by atoms with Crippen molar-refractivity contribution >= 4 is 0 Å². The molecule has 0 aromatic carbocycles. The molecule has 4 heteroatoms. The molecule has 0 radical (unpaired) electrons. The van der Waals surface area contributed by atoms with Crippen molar-refractivity contribution in [3.05, 3.63) is 0 Å². The van der Waals surface area contributed by atoms with Gasteiger partial charge in [0.05, 0.1) is 6.10 Å². The van der Waals surface area contributed by atoms with Gasteiger partial charge in [0.1, 0.15) is 12.3 Å². The maximum absolute atomic E-state index is 9.13. The smallest absolute Gasteiger partial charge is 0.135 e. The second-order valence-electron chi connectivity index (χ2n) is 2.74. The molecule has 0 unspecified atom stereocenters. The van der Waals surface area contributed by atoms with Crippen LogP contribution in [0.1, 0.15) is 6.42 Å². The number of hydrogen-bond donors (Lipinski definition) is 3. The molecule has 0 bridgehead atoms. The van der Waals surface area contributed by atoms with Gasteiger partial charge in [-0.2, -0.15) is 0 Å². The fraction of sp³-hybridized carbons (Fsp3) is 1.00. The molecule has 0 aromatic rings. The zero-order valence-corrected chi connectivity index (χ0v) is 5.94. The number of piperidine rings is 1. The van der Waals surface area contributed by atoms with Gasteiger partial charge in [0.15, 0.2) is 0 Å². The highest BCUT2D eigenvalue weighted by Crippen LogP contribution is 2.13. The van der Waals surface area contributed by atoms with Gasteiger partial charge >= 0.3 is 0 Å². The number of rotatable bonds is 0. The van der Waals surface area contributed by atoms with Crippen LogP contribution in [-0.2, 0) is 0 Å². The highest BCUT2D eigenvalue weighted by Gasteiger charge is 2.32. The van der Waals surface area contributed by atoms with E-state index in [1.807, 2.05) is 0 Å². The second-order valence-corrected chi connectivity index (χ2v) is 2.74. The number of likely N-dealkylation sites (tertiary alicyclic amines) is 1. The molecule has 1 fully saturated rings. The van der Waals surface area contributed by atoms with Crippen LogP contribution in [0.4, 0.5) is 0 Å². The molecule has 60 valence electrons. The van der Waals surface area contributed by atoms with E-state index in [4.69, 9.17) is 15.3 Å². The van der Waals surface area contributed by atoms with Gasteiger partial charge in [0.25, 0.3) is 0 Å². The Kier molecular flexibility index (Phi) is 2.25. The lowest BCUT2D eigenvalue weighted by atomic mass is 10.0. The van der Waals surface area contributed by atoms with Crippen molar-refractivity contribution in [2.75, 3.05) is 13.6 Å². The first kappa shape index (κ1) is 7.94. The van der Waals surface area contributed by atoms with Gasteiger partial charge in [0.2, 0.25) is 0 Å². The maximum atomic E-state index is 9.13. The van der Waals surface area contributed by atoms with E-state index in [0.717, 1.165) is 0 Å². The zero-order valence-electron chi connectivity index (χ0n) is 5.94. The fourth-order valence-electron chi connectivity index (χ4n) is 1.10. The molecular formula is C6H13NO3. The van der Waals surface area contributed by atoms with E-state index in [0.29, 0.717) is 13.0 Å². The summed E-state index contributed by atoms with van der Waals surface area (Å²) in [7, 11) is 1.71. The zero-order chi connectivity index (χ0) is 7.72. The highest BCUT2D eigenvalue weighted by atomic mass is 16.4. The normalized spacial score (nSPS) is 43.8. The lowest BCUT2D eigenvalue weighted by Crippen LogP contribution is -2.52. The molecule has 4 nitrogen and oxygen atoms in total. The van der Waals surface area contributed by atoms with Gasteiger partial charge in [-0.25, -0.2) is 0 Å². The van der Waals surface area contributed by atoms with Gasteiger partial charge in [-0.1, -0.05) is 0 Å². The third-order valence-corrected chi connectivity index (χ3v) is 1.93. The van der Waals surface area contributed by atoms with E-state index >= 15 is 0 Å². The van der Waals surface area contributed by atoms with Gasteiger partial charge in [-0.3, -0.25) is 4.90 Å². The number of nitrogens with zero attached hydrogens (tertiary/aromatic N) is 1. The summed E-state index contributed by atoms with van der Waals surface area (Å²) in [5, 5.41) is 27.2. The molecule has 0 saturated carbocycles. The topological polar surface area (TPSA) is 63.9 Å². The first-order valence-electron chi connectivity index (χ1n) is 3.37. The average Bonchev–Trinajstić information content (AvgIpc) is 1.93. The van der Waals surface area contributed by atoms with E-state index in [2.05, 4.69) is 0 Å². The Morgan fingerprint density at radius 1 is 1.30 bits per heavy atom. The second kappa shape index (κ2) is 2.84. The first-order valence-corrected chi connectivity index (χ1v) is 3.37. The van der Waals surface area contributed by atoms with Gasteiger partial charge in [-0.15, -0.1) is 0 Å². The van der Waals surface area contributed by atoms with Crippen LogP contribution in [0, 0.1) is 0 Å². The van der Waals surface area contributed by atoms with Crippen molar-refractivity contribution in [1.82, 2.24) is 4.90 Å². The Bertz CT molecular complexity index is 106. The standard InChI is InChI=1S/C6H13NO3/c1-7-3-2-4(8)5(9)6(7)10/h4-6,8-10H,2-3H2,1H3/t4-,5+,6-/m1/s1. The molecule has 0 aliphatic carbocycles. The first-order chi connectivity index (χ1) is 4.63. The number of hydrogen-bond acceptors (Lipinski definition) is 4. The summed E-state index contributed by atoms with van der Waals surface area (Å²) in [4.78, 5) is 1.61. The number of likely N-dealkylation sites (N-methyl/N-ethyl adjacent to an activating group) is 1. The fourth-order valence-corrected chi connectivity index (χ4v) is 1.10. The van der Waals surface area contributed by atoms with Crippen molar-refractivity contribution < 1.29 is 15.3 Å². The molecule has 3 N–H and O–H groups in total. The summed E-state index contributed by atoms with van der Waals surface area (Å²) in [6, 6.07) is 0. The monoisotopic (exact) mass is 147 g/mol. The molecular weight excluding hydrogens is 134 g/mol. The summed E-state index contributed by atoms with van der Waals surface area (Å²) in [6.07, 6.45) is -2.18. The van der Waals surface area contributed by atoms with E-state index in [9.17, 15) is 0 Å². The number of aliphatic hydroxyl groups is 3. The molecule has 0 aromatic heterocycles. The average molecular weight is 147 g/mol. The van der Waals surface area contributed by atoms with Crippen molar-refractivity contribution in [2.24, 2.45) is 0 Å². The van der Waals surface area contributed by atoms with Gasteiger partial charge < -0.3 is 15.3 Å². The van der Waals surface area contributed by atoms with Crippen LogP contribution in [-0.4, -0.2) is 52.2 Å².